The minimum Gasteiger partial charge on any atom is -0.494 e. The Hall–Kier alpha value is -2.09. The van der Waals surface area contributed by atoms with Crippen molar-refractivity contribution in [3.8, 4) is 5.75 Å². The Labute approximate surface area is 131 Å². The van der Waals surface area contributed by atoms with Gasteiger partial charge in [0, 0.05) is 0 Å². The van der Waals surface area contributed by atoms with Gasteiger partial charge in [-0.2, -0.15) is 0 Å². The molecule has 2 heteroatoms. The fraction of sp³-hybridized carbons (Fsp3) is 0.300. The highest BCUT2D eigenvalue weighted by atomic mass is 19.1. The van der Waals surface area contributed by atoms with Crippen LogP contribution in [-0.4, -0.2) is 7.11 Å². The Morgan fingerprint density at radius 2 is 1.86 bits per heavy atom. The molecule has 0 aliphatic heterocycles. The van der Waals surface area contributed by atoms with Crippen molar-refractivity contribution in [3.63, 3.8) is 0 Å². The molecule has 2 aromatic rings. The van der Waals surface area contributed by atoms with Gasteiger partial charge in [0.15, 0.2) is 11.6 Å². The van der Waals surface area contributed by atoms with Crippen molar-refractivity contribution in [2.24, 2.45) is 0 Å². The summed E-state index contributed by atoms with van der Waals surface area (Å²) in [6, 6.07) is 12.5. The summed E-state index contributed by atoms with van der Waals surface area (Å²) >= 11 is 0. The highest BCUT2D eigenvalue weighted by Gasteiger charge is 2.18. The van der Waals surface area contributed by atoms with Crippen LogP contribution in [0.15, 0.2) is 42.5 Å². The molecule has 0 fully saturated rings. The fourth-order valence-electron chi connectivity index (χ4n) is 3.08. The lowest BCUT2D eigenvalue weighted by Crippen LogP contribution is -2.06. The van der Waals surface area contributed by atoms with E-state index in [0.29, 0.717) is 12.2 Å². The highest BCUT2D eigenvalue weighted by Crippen LogP contribution is 2.32. The van der Waals surface area contributed by atoms with Gasteiger partial charge in [0.25, 0.3) is 0 Å². The van der Waals surface area contributed by atoms with Crippen molar-refractivity contribution in [2.45, 2.75) is 32.6 Å². The summed E-state index contributed by atoms with van der Waals surface area (Å²) in [5.41, 5.74) is 5.72. The topological polar surface area (TPSA) is 9.23 Å². The van der Waals surface area contributed by atoms with Gasteiger partial charge in [-0.15, -0.1) is 0 Å². The van der Waals surface area contributed by atoms with Crippen molar-refractivity contribution >= 4 is 5.57 Å². The first-order valence-electron chi connectivity index (χ1n) is 7.85. The van der Waals surface area contributed by atoms with E-state index in [1.54, 1.807) is 6.07 Å². The Morgan fingerprint density at radius 3 is 2.55 bits per heavy atom. The second-order valence-electron chi connectivity index (χ2n) is 5.78. The molecule has 1 aliphatic rings. The van der Waals surface area contributed by atoms with E-state index >= 15 is 0 Å². The van der Waals surface area contributed by atoms with Crippen LogP contribution >= 0.6 is 0 Å². The van der Waals surface area contributed by atoms with Gasteiger partial charge >= 0.3 is 0 Å². The van der Waals surface area contributed by atoms with Crippen LogP contribution in [0.4, 0.5) is 4.39 Å². The molecule has 0 radical (unpaired) electrons. The third-order valence-corrected chi connectivity index (χ3v) is 4.32. The van der Waals surface area contributed by atoms with E-state index in [9.17, 15) is 4.39 Å². The third kappa shape index (κ3) is 2.78. The van der Waals surface area contributed by atoms with Crippen molar-refractivity contribution in [1.29, 1.82) is 0 Å². The molecule has 1 aliphatic carbocycles. The largest absolute Gasteiger partial charge is 0.494 e. The van der Waals surface area contributed by atoms with Crippen molar-refractivity contribution < 1.29 is 9.13 Å². The smallest absolute Gasteiger partial charge is 0.168 e. The number of aryl methyl sites for hydroxylation is 1. The van der Waals surface area contributed by atoms with Crippen molar-refractivity contribution in [2.75, 3.05) is 7.11 Å². The number of rotatable bonds is 4. The lowest BCUT2D eigenvalue weighted by atomic mass is 9.87. The van der Waals surface area contributed by atoms with E-state index in [-0.39, 0.29) is 5.82 Å². The number of hydrogen-bond acceptors (Lipinski definition) is 1. The molecule has 0 bridgehead atoms. The molecule has 0 N–H and O–H groups in total. The van der Waals surface area contributed by atoms with Crippen LogP contribution in [-0.2, 0) is 19.3 Å². The molecule has 3 rings (SSSR count). The lowest BCUT2D eigenvalue weighted by molar-refractivity contribution is 0.384. The molecule has 0 unspecified atom stereocenters. The van der Waals surface area contributed by atoms with Crippen LogP contribution in [0.2, 0.25) is 0 Å². The van der Waals surface area contributed by atoms with Crippen LogP contribution in [0, 0.1) is 5.82 Å². The number of fused-ring (bicyclic) bond motifs is 1. The maximum absolute atomic E-state index is 14.3. The zero-order valence-corrected chi connectivity index (χ0v) is 13.2. The monoisotopic (exact) mass is 296 g/mol. The van der Waals surface area contributed by atoms with Crippen LogP contribution in [0.3, 0.4) is 0 Å². The average Bonchev–Trinajstić information content (AvgIpc) is 2.56. The molecule has 0 heterocycles. The Bertz CT molecular complexity index is 698. The normalized spacial score (nSPS) is 13.5. The van der Waals surface area contributed by atoms with E-state index in [2.05, 4.69) is 37.3 Å². The SMILES string of the molecule is CCCc1ccc(C2=CCc3c(ccc(OC)c3F)C2)cc1. The van der Waals surface area contributed by atoms with Crippen molar-refractivity contribution in [1.82, 2.24) is 0 Å². The molecular weight excluding hydrogens is 275 g/mol. The van der Waals surface area contributed by atoms with Gasteiger partial charge in [-0.05, 0) is 53.2 Å². The van der Waals surface area contributed by atoms with Gasteiger partial charge in [0.05, 0.1) is 7.11 Å². The van der Waals surface area contributed by atoms with E-state index in [0.717, 1.165) is 30.4 Å². The zero-order valence-electron chi connectivity index (χ0n) is 13.2. The first-order valence-corrected chi connectivity index (χ1v) is 7.85. The minimum atomic E-state index is -0.214. The zero-order chi connectivity index (χ0) is 15.5. The summed E-state index contributed by atoms with van der Waals surface area (Å²) in [5, 5.41) is 0. The Kier molecular flexibility index (Phi) is 4.28. The fourth-order valence-corrected chi connectivity index (χ4v) is 3.08. The summed E-state index contributed by atoms with van der Waals surface area (Å²) in [6.07, 6.45) is 5.83. The number of methoxy groups -OCH3 is 1. The van der Waals surface area contributed by atoms with Gasteiger partial charge in [-0.1, -0.05) is 49.8 Å². The molecular formula is C20H21FO. The van der Waals surface area contributed by atoms with E-state index < -0.39 is 0 Å². The molecule has 0 saturated carbocycles. The first-order chi connectivity index (χ1) is 10.7. The Morgan fingerprint density at radius 1 is 1.09 bits per heavy atom. The summed E-state index contributed by atoms with van der Waals surface area (Å²) in [7, 11) is 1.51. The van der Waals surface area contributed by atoms with Gasteiger partial charge in [0.1, 0.15) is 0 Å². The summed E-state index contributed by atoms with van der Waals surface area (Å²) in [6.45, 7) is 2.19. The van der Waals surface area contributed by atoms with Crippen LogP contribution in [0.25, 0.3) is 5.57 Å². The third-order valence-electron chi connectivity index (χ3n) is 4.32. The number of allylic oxidation sites excluding steroid dienone is 2. The number of hydrogen-bond donors (Lipinski definition) is 0. The van der Waals surface area contributed by atoms with E-state index in [1.165, 1.54) is 23.8 Å². The molecule has 2 aromatic carbocycles. The molecule has 22 heavy (non-hydrogen) atoms. The average molecular weight is 296 g/mol. The summed E-state index contributed by atoms with van der Waals surface area (Å²) in [4.78, 5) is 0. The van der Waals surface area contributed by atoms with Gasteiger partial charge in [0.2, 0.25) is 0 Å². The number of benzene rings is 2. The molecule has 0 saturated heterocycles. The van der Waals surface area contributed by atoms with E-state index in [1.807, 2.05) is 6.07 Å². The molecule has 0 amide bonds. The summed E-state index contributed by atoms with van der Waals surface area (Å²) < 4.78 is 19.3. The van der Waals surface area contributed by atoms with Crippen LogP contribution in [0.1, 0.15) is 35.6 Å². The van der Waals surface area contributed by atoms with Gasteiger partial charge < -0.3 is 4.74 Å². The number of ether oxygens (including phenoxy) is 1. The van der Waals surface area contributed by atoms with Gasteiger partial charge in [-0.25, -0.2) is 4.39 Å². The molecule has 1 nitrogen and oxygen atoms in total. The predicted octanol–water partition coefficient (Wildman–Crippen LogP) is 4.97. The maximum atomic E-state index is 14.3. The van der Waals surface area contributed by atoms with Gasteiger partial charge in [-0.3, -0.25) is 0 Å². The predicted molar refractivity (Wildman–Crippen MR) is 88.8 cm³/mol. The first kappa shape index (κ1) is 14.8. The van der Waals surface area contributed by atoms with E-state index in [4.69, 9.17) is 4.74 Å². The quantitative estimate of drug-likeness (QED) is 0.774. The summed E-state index contributed by atoms with van der Waals surface area (Å²) in [5.74, 6) is 0.119. The second-order valence-corrected chi connectivity index (χ2v) is 5.78. The lowest BCUT2D eigenvalue weighted by Gasteiger charge is -2.19. The highest BCUT2D eigenvalue weighted by molar-refractivity contribution is 5.71. The van der Waals surface area contributed by atoms with Crippen LogP contribution < -0.4 is 4.74 Å². The Balaban J connectivity index is 1.85. The second kappa shape index (κ2) is 6.35. The maximum Gasteiger partial charge on any atom is 0.168 e. The molecule has 0 spiro atoms. The van der Waals surface area contributed by atoms with Crippen LogP contribution in [0.5, 0.6) is 5.75 Å². The molecule has 0 atom stereocenters. The minimum absolute atomic E-state index is 0.214. The molecule has 114 valence electrons. The number of halogens is 1. The standard InChI is InChI=1S/C20H21FO/c1-3-4-14-5-7-15(8-6-14)16-9-11-18-17(13-16)10-12-19(22-2)20(18)21/h5-10,12H,3-4,11,13H2,1-2H3. The van der Waals surface area contributed by atoms with Crippen molar-refractivity contribution in [3.05, 3.63) is 70.5 Å². The molecule has 0 aromatic heterocycles.